The Morgan fingerprint density at radius 2 is 1.47 bits per heavy atom. The molecule has 0 bridgehead atoms. The van der Waals surface area contributed by atoms with E-state index in [4.69, 9.17) is 0 Å². The van der Waals surface area contributed by atoms with E-state index in [2.05, 4.69) is 66.9 Å². The van der Waals surface area contributed by atoms with Crippen molar-refractivity contribution in [2.45, 2.75) is 106 Å². The molecule has 0 nitrogen and oxygen atoms in total. The zero-order valence-corrected chi connectivity index (χ0v) is 20.9. The summed E-state index contributed by atoms with van der Waals surface area (Å²) in [6.45, 7) is 22.4. The molecular weight excluding hydrogens is 360 g/mol. The molecule has 6 atom stereocenters. The van der Waals surface area contributed by atoms with E-state index in [1.165, 1.54) is 75.4 Å². The summed E-state index contributed by atoms with van der Waals surface area (Å²) in [5, 5.41) is 0. The monoisotopic (exact) mass is 408 g/mol. The van der Waals surface area contributed by atoms with Crippen molar-refractivity contribution in [1.82, 2.24) is 0 Å². The summed E-state index contributed by atoms with van der Waals surface area (Å²) >= 11 is 0. The third-order valence-corrected chi connectivity index (χ3v) is 9.97. The standard InChI is InChI=1S/2C15H24/c1-11(2)13-8-9-14-7-5-6-12(3)15(14,4)10-13;1-11(2)14-8-9-15(10-14)12(3)6-5-7-13(15)4/h7,12-13H,1,5-6,8-10H2,2-4H3;6,13-14H,1,5,7-10H2,2-4H3/t12-,13-,15+;13-,14-,15-/m11/s1. The number of hydrogen-bond donors (Lipinski definition) is 0. The molecule has 0 heteroatoms. The van der Waals surface area contributed by atoms with Crippen molar-refractivity contribution in [1.29, 1.82) is 0 Å². The third kappa shape index (κ3) is 4.44. The van der Waals surface area contributed by atoms with Gasteiger partial charge in [-0.05, 0) is 119 Å². The summed E-state index contributed by atoms with van der Waals surface area (Å²) in [6.07, 6.45) is 18.5. The van der Waals surface area contributed by atoms with Crippen LogP contribution in [0.3, 0.4) is 0 Å². The Kier molecular flexibility index (Phi) is 7.26. The molecule has 0 saturated heterocycles. The zero-order valence-electron chi connectivity index (χ0n) is 20.9. The number of allylic oxidation sites excluding steroid dienone is 6. The van der Waals surface area contributed by atoms with E-state index >= 15 is 0 Å². The van der Waals surface area contributed by atoms with E-state index in [0.717, 1.165) is 23.7 Å². The molecule has 0 heterocycles. The fourth-order valence-corrected chi connectivity index (χ4v) is 7.18. The van der Waals surface area contributed by atoms with Gasteiger partial charge in [-0.2, -0.15) is 0 Å². The Morgan fingerprint density at radius 1 is 0.867 bits per heavy atom. The smallest absolute Gasteiger partial charge is 0.00592 e. The van der Waals surface area contributed by atoms with E-state index in [-0.39, 0.29) is 0 Å². The summed E-state index contributed by atoms with van der Waals surface area (Å²) in [6, 6.07) is 0. The van der Waals surface area contributed by atoms with Gasteiger partial charge >= 0.3 is 0 Å². The zero-order chi connectivity index (χ0) is 22.1. The Hall–Kier alpha value is -1.04. The molecule has 0 aromatic carbocycles. The van der Waals surface area contributed by atoms with Crippen molar-refractivity contribution in [3.63, 3.8) is 0 Å². The molecule has 4 aliphatic carbocycles. The van der Waals surface area contributed by atoms with Gasteiger partial charge in [0, 0.05) is 0 Å². The summed E-state index contributed by atoms with van der Waals surface area (Å²) in [4.78, 5) is 0. The Bertz CT molecular complexity index is 718. The first kappa shape index (κ1) is 23.6. The van der Waals surface area contributed by atoms with Crippen molar-refractivity contribution in [3.05, 3.63) is 47.6 Å². The van der Waals surface area contributed by atoms with Crippen molar-refractivity contribution in [3.8, 4) is 0 Å². The Balaban J connectivity index is 0.000000171. The summed E-state index contributed by atoms with van der Waals surface area (Å²) in [5.74, 6) is 3.30. The highest BCUT2D eigenvalue weighted by atomic mass is 14.5. The first-order chi connectivity index (χ1) is 14.1. The van der Waals surface area contributed by atoms with Gasteiger partial charge in [-0.15, -0.1) is 0 Å². The second-order valence-corrected chi connectivity index (χ2v) is 11.7. The fourth-order valence-electron chi connectivity index (χ4n) is 7.18. The van der Waals surface area contributed by atoms with Gasteiger partial charge in [-0.25, -0.2) is 0 Å². The minimum atomic E-state index is 0.486. The predicted molar refractivity (Wildman–Crippen MR) is 133 cm³/mol. The minimum Gasteiger partial charge on any atom is -0.0999 e. The fraction of sp³-hybridized carbons (Fsp3) is 0.733. The van der Waals surface area contributed by atoms with Gasteiger partial charge in [0.2, 0.25) is 0 Å². The van der Waals surface area contributed by atoms with Gasteiger partial charge in [0.05, 0.1) is 0 Å². The van der Waals surface area contributed by atoms with Gasteiger partial charge in [0.25, 0.3) is 0 Å². The number of hydrogen-bond acceptors (Lipinski definition) is 0. The lowest BCUT2D eigenvalue weighted by Crippen LogP contribution is -2.36. The van der Waals surface area contributed by atoms with Crippen molar-refractivity contribution >= 4 is 0 Å². The van der Waals surface area contributed by atoms with Crippen molar-refractivity contribution < 1.29 is 0 Å². The maximum Gasteiger partial charge on any atom is -0.00592 e. The lowest BCUT2D eigenvalue weighted by molar-refractivity contribution is 0.151. The molecular formula is C30H48. The molecule has 0 aromatic heterocycles. The molecule has 30 heavy (non-hydrogen) atoms. The van der Waals surface area contributed by atoms with Gasteiger partial charge in [0.1, 0.15) is 0 Å². The van der Waals surface area contributed by atoms with Gasteiger partial charge in [0.15, 0.2) is 0 Å². The molecule has 0 aromatic rings. The van der Waals surface area contributed by atoms with Crippen LogP contribution in [0.25, 0.3) is 0 Å². The third-order valence-electron chi connectivity index (χ3n) is 9.97. The van der Waals surface area contributed by atoms with Crippen molar-refractivity contribution in [2.75, 3.05) is 0 Å². The minimum absolute atomic E-state index is 0.486. The highest BCUT2D eigenvalue weighted by Crippen LogP contribution is 2.56. The van der Waals surface area contributed by atoms with E-state index in [1.807, 2.05) is 0 Å². The molecule has 1 spiro atoms. The van der Waals surface area contributed by atoms with Crippen LogP contribution in [0.4, 0.5) is 0 Å². The van der Waals surface area contributed by atoms with Crippen LogP contribution in [0, 0.1) is 34.5 Å². The van der Waals surface area contributed by atoms with Crippen LogP contribution >= 0.6 is 0 Å². The number of rotatable bonds is 2. The molecule has 0 radical (unpaired) electrons. The molecule has 0 N–H and O–H groups in total. The Labute approximate surface area is 188 Å². The molecule has 2 saturated carbocycles. The van der Waals surface area contributed by atoms with E-state index < -0.39 is 0 Å². The van der Waals surface area contributed by atoms with Crippen molar-refractivity contribution in [2.24, 2.45) is 34.5 Å². The van der Waals surface area contributed by atoms with Crippen LogP contribution < -0.4 is 0 Å². The summed E-state index contributed by atoms with van der Waals surface area (Å²) in [5.41, 5.74) is 7.25. The molecule has 4 aliphatic rings. The maximum absolute atomic E-state index is 4.15. The van der Waals surface area contributed by atoms with E-state index in [9.17, 15) is 0 Å². The summed E-state index contributed by atoms with van der Waals surface area (Å²) in [7, 11) is 0. The molecule has 168 valence electrons. The average molecular weight is 409 g/mol. The lowest BCUT2D eigenvalue weighted by Gasteiger charge is -2.47. The van der Waals surface area contributed by atoms with Gasteiger partial charge in [-0.1, -0.05) is 68.4 Å². The molecule has 2 fully saturated rings. The van der Waals surface area contributed by atoms with Crippen LogP contribution in [0.5, 0.6) is 0 Å². The summed E-state index contributed by atoms with van der Waals surface area (Å²) < 4.78 is 0. The lowest BCUT2D eigenvalue weighted by atomic mass is 9.58. The maximum atomic E-state index is 4.15. The first-order valence-electron chi connectivity index (χ1n) is 12.8. The second-order valence-electron chi connectivity index (χ2n) is 11.7. The largest absolute Gasteiger partial charge is 0.0999 e. The molecule has 0 aliphatic heterocycles. The second kappa shape index (κ2) is 9.22. The normalized spacial score (nSPS) is 40.6. The van der Waals surface area contributed by atoms with Crippen LogP contribution in [-0.4, -0.2) is 0 Å². The predicted octanol–water partition coefficient (Wildman–Crippen LogP) is 9.45. The van der Waals surface area contributed by atoms with Gasteiger partial charge in [-0.3, -0.25) is 0 Å². The SMILES string of the molecule is C=C(C)[C@@H]1CCC2=CCC[C@@H](C)[C@]2(C)C1.C=C(C)[C@@H]1CC[C@@]2(C1)C(C)=CCC[C@H]2C. The van der Waals surface area contributed by atoms with E-state index in [1.54, 1.807) is 11.1 Å². The van der Waals surface area contributed by atoms with Crippen LogP contribution in [0.15, 0.2) is 47.6 Å². The quantitative estimate of drug-likeness (QED) is 0.399. The van der Waals surface area contributed by atoms with E-state index in [0.29, 0.717) is 10.8 Å². The average Bonchev–Trinajstić information content (AvgIpc) is 3.14. The number of fused-ring (bicyclic) bond motifs is 1. The van der Waals surface area contributed by atoms with Gasteiger partial charge < -0.3 is 0 Å². The highest BCUT2D eigenvalue weighted by molar-refractivity contribution is 5.23. The highest BCUT2D eigenvalue weighted by Gasteiger charge is 2.45. The molecule has 0 unspecified atom stereocenters. The Morgan fingerprint density at radius 3 is 2.07 bits per heavy atom. The molecule has 4 rings (SSSR count). The first-order valence-corrected chi connectivity index (χ1v) is 12.8. The van der Waals surface area contributed by atoms with Crippen LogP contribution in [0.1, 0.15) is 106 Å². The van der Waals surface area contributed by atoms with Crippen LogP contribution in [0.2, 0.25) is 0 Å². The topological polar surface area (TPSA) is 0 Å². The van der Waals surface area contributed by atoms with Crippen LogP contribution in [-0.2, 0) is 0 Å². The molecule has 0 amide bonds.